The van der Waals surface area contributed by atoms with Crippen molar-refractivity contribution in [3.05, 3.63) is 46.2 Å². The highest BCUT2D eigenvalue weighted by atomic mass is 16.4. The molecule has 1 aromatic carbocycles. The van der Waals surface area contributed by atoms with E-state index in [1.54, 1.807) is 0 Å². The lowest BCUT2D eigenvalue weighted by atomic mass is 9.54. The molecule has 0 aromatic heterocycles. The maximum Gasteiger partial charge on any atom is 0.311 e. The summed E-state index contributed by atoms with van der Waals surface area (Å²) in [5.74, 6) is -13.5. The molecule has 0 unspecified atom stereocenters. The SMILES string of the molecule is CN(C)[C@@H]1C(=O)C(C(N)=O)=C(O)[C@@]2(O)C(=O)C3=C(O)c4c(O)cccc4[C@H](C(=O)O)[C@H]3[C@H](O)[C@@H]12. The lowest BCUT2D eigenvalue weighted by molar-refractivity contribution is -0.171. The first-order valence-electron chi connectivity index (χ1n) is 10.2. The van der Waals surface area contributed by atoms with Crippen molar-refractivity contribution in [2.45, 2.75) is 23.7 Å². The fourth-order valence-electron chi connectivity index (χ4n) is 5.56. The maximum atomic E-state index is 13.7. The molecule has 0 spiro atoms. The molecule has 0 aliphatic heterocycles. The van der Waals surface area contributed by atoms with E-state index in [1.807, 2.05) is 0 Å². The first kappa shape index (κ1) is 23.4. The minimum atomic E-state index is -3.10. The van der Waals surface area contributed by atoms with Crippen LogP contribution in [0, 0.1) is 11.8 Å². The van der Waals surface area contributed by atoms with Crippen LogP contribution >= 0.6 is 0 Å². The molecule has 1 amide bonds. The number of carbonyl (C=O) groups excluding carboxylic acids is 3. The number of aliphatic hydroxyl groups excluding tert-OH is 3. The Morgan fingerprint density at radius 2 is 1.74 bits per heavy atom. The lowest BCUT2D eigenvalue weighted by Gasteiger charge is -2.53. The third kappa shape index (κ3) is 2.70. The number of ketones is 2. The average molecular weight is 474 g/mol. The van der Waals surface area contributed by atoms with Gasteiger partial charge >= 0.3 is 5.97 Å². The average Bonchev–Trinajstić information content (AvgIpc) is 2.73. The van der Waals surface area contributed by atoms with Crippen LogP contribution in [-0.2, 0) is 19.2 Å². The highest BCUT2D eigenvalue weighted by molar-refractivity contribution is 6.24. The Labute approximate surface area is 191 Å². The van der Waals surface area contributed by atoms with Crippen LogP contribution in [0.1, 0.15) is 17.0 Å². The van der Waals surface area contributed by atoms with Crippen molar-refractivity contribution in [2.24, 2.45) is 17.6 Å². The van der Waals surface area contributed by atoms with E-state index in [4.69, 9.17) is 5.73 Å². The van der Waals surface area contributed by atoms with E-state index in [-0.39, 0.29) is 5.56 Å². The maximum absolute atomic E-state index is 13.7. The van der Waals surface area contributed by atoms with Gasteiger partial charge in [-0.1, -0.05) is 12.1 Å². The summed E-state index contributed by atoms with van der Waals surface area (Å²) in [6, 6.07) is 2.18. The van der Waals surface area contributed by atoms with E-state index in [1.165, 1.54) is 31.1 Å². The van der Waals surface area contributed by atoms with Gasteiger partial charge in [0.25, 0.3) is 5.91 Å². The molecular formula is C22H22N2O10. The molecule has 0 radical (unpaired) electrons. The number of carbonyl (C=O) groups is 4. The highest BCUT2D eigenvalue weighted by Gasteiger charge is 2.69. The standard InChI is InChI=1S/C22H22N2O10/c1-24(2)14-13-16(27)10-9(21(32)33)6-4-3-5-7(25)8(6)15(26)11(10)18(29)22(13,34)19(30)12(17(14)28)20(23)31/h3-5,9-10,13-14,16,25-27,30,34H,1-2H3,(H2,23,31)(H,32,33)/t9-,10+,13+,14-,16-,22-/m0/s1. The van der Waals surface area contributed by atoms with Crippen molar-refractivity contribution >= 4 is 29.2 Å². The second-order valence-electron chi connectivity index (χ2n) is 8.82. The molecule has 12 heteroatoms. The van der Waals surface area contributed by atoms with Gasteiger partial charge in [-0.15, -0.1) is 0 Å². The fourth-order valence-corrected chi connectivity index (χ4v) is 5.56. The van der Waals surface area contributed by atoms with Gasteiger partial charge in [-0.3, -0.25) is 24.1 Å². The second kappa shape index (κ2) is 7.38. The number of phenols is 1. The van der Waals surface area contributed by atoms with Gasteiger partial charge in [0.15, 0.2) is 11.4 Å². The number of aliphatic carboxylic acids is 1. The second-order valence-corrected chi connectivity index (χ2v) is 8.82. The Hall–Kier alpha value is -3.74. The van der Waals surface area contributed by atoms with Gasteiger partial charge in [0, 0.05) is 11.5 Å². The van der Waals surface area contributed by atoms with Crippen LogP contribution in [0.15, 0.2) is 35.1 Å². The topological polar surface area (TPSA) is 219 Å². The van der Waals surface area contributed by atoms with Crippen LogP contribution in [-0.4, -0.2) is 90.8 Å². The summed E-state index contributed by atoms with van der Waals surface area (Å²) in [7, 11) is 2.71. The zero-order valence-corrected chi connectivity index (χ0v) is 18.0. The molecule has 0 saturated heterocycles. The Morgan fingerprint density at radius 3 is 2.26 bits per heavy atom. The number of nitrogens with zero attached hydrogens (tertiary/aromatic N) is 1. The minimum Gasteiger partial charge on any atom is -0.508 e. The molecule has 0 heterocycles. The largest absolute Gasteiger partial charge is 0.508 e. The van der Waals surface area contributed by atoms with Gasteiger partial charge in [0.2, 0.25) is 5.78 Å². The van der Waals surface area contributed by atoms with Gasteiger partial charge < -0.3 is 36.4 Å². The number of likely N-dealkylation sites (N-methyl/N-ethyl adjacent to an activating group) is 1. The van der Waals surface area contributed by atoms with E-state index in [2.05, 4.69) is 0 Å². The number of aliphatic hydroxyl groups is 4. The van der Waals surface area contributed by atoms with E-state index in [0.717, 1.165) is 6.07 Å². The van der Waals surface area contributed by atoms with Crippen LogP contribution < -0.4 is 5.73 Å². The number of fused-ring (bicyclic) bond motifs is 3. The van der Waals surface area contributed by atoms with Gasteiger partial charge in [-0.25, -0.2) is 0 Å². The molecule has 8 N–H and O–H groups in total. The van der Waals surface area contributed by atoms with E-state index in [9.17, 15) is 49.8 Å². The predicted molar refractivity (Wildman–Crippen MR) is 112 cm³/mol. The quantitative estimate of drug-likeness (QED) is 0.251. The van der Waals surface area contributed by atoms with Gasteiger partial charge in [-0.05, 0) is 25.7 Å². The summed E-state index contributed by atoms with van der Waals surface area (Å²) in [5, 5.41) is 64.8. The molecule has 12 nitrogen and oxygen atoms in total. The highest BCUT2D eigenvalue weighted by Crippen LogP contribution is 2.56. The number of rotatable bonds is 3. The number of carboxylic acids is 1. The molecule has 1 saturated carbocycles. The minimum absolute atomic E-state index is 0.0998. The van der Waals surface area contributed by atoms with Gasteiger partial charge in [-0.2, -0.15) is 0 Å². The molecule has 1 fully saturated rings. The molecule has 34 heavy (non-hydrogen) atoms. The number of nitrogens with two attached hydrogens (primary N) is 1. The zero-order chi connectivity index (χ0) is 25.4. The molecule has 6 atom stereocenters. The molecule has 3 aliphatic rings. The van der Waals surface area contributed by atoms with Crippen LogP contribution in [0.5, 0.6) is 5.75 Å². The van der Waals surface area contributed by atoms with E-state index >= 15 is 0 Å². The summed E-state index contributed by atoms with van der Waals surface area (Å²) in [5.41, 5.74) is -0.187. The number of aromatic hydroxyl groups is 1. The van der Waals surface area contributed by atoms with Gasteiger partial charge in [0.1, 0.15) is 22.8 Å². The Morgan fingerprint density at radius 1 is 1.12 bits per heavy atom. The van der Waals surface area contributed by atoms with Crippen LogP contribution in [0.2, 0.25) is 0 Å². The number of carboxylic acid groups (broad SMARTS) is 1. The number of Topliss-reactive ketones (excluding diaryl/α,β-unsaturated/α-hetero) is 2. The van der Waals surface area contributed by atoms with E-state index < -0.39 is 92.9 Å². The summed E-state index contributed by atoms with van der Waals surface area (Å²) in [6.45, 7) is 0. The Bertz CT molecular complexity index is 1230. The van der Waals surface area contributed by atoms with Crippen LogP contribution in [0.25, 0.3) is 5.76 Å². The van der Waals surface area contributed by atoms with Crippen molar-refractivity contribution in [3.8, 4) is 5.75 Å². The summed E-state index contributed by atoms with van der Waals surface area (Å²) >= 11 is 0. The molecule has 3 aliphatic carbocycles. The number of amides is 1. The van der Waals surface area contributed by atoms with Crippen molar-refractivity contribution in [3.63, 3.8) is 0 Å². The van der Waals surface area contributed by atoms with Crippen molar-refractivity contribution in [1.82, 2.24) is 4.90 Å². The summed E-state index contributed by atoms with van der Waals surface area (Å²) < 4.78 is 0. The third-order valence-corrected chi connectivity index (χ3v) is 6.93. The van der Waals surface area contributed by atoms with Crippen molar-refractivity contribution in [1.29, 1.82) is 0 Å². The van der Waals surface area contributed by atoms with Gasteiger partial charge in [0.05, 0.1) is 29.5 Å². The molecular weight excluding hydrogens is 452 g/mol. The molecule has 0 bridgehead atoms. The van der Waals surface area contributed by atoms with Crippen molar-refractivity contribution < 1.29 is 49.8 Å². The van der Waals surface area contributed by atoms with Crippen molar-refractivity contribution in [2.75, 3.05) is 14.1 Å². The first-order chi connectivity index (χ1) is 15.8. The third-order valence-electron chi connectivity index (χ3n) is 6.93. The number of primary amides is 1. The smallest absolute Gasteiger partial charge is 0.311 e. The Kier molecular flexibility index (Phi) is 5.09. The Balaban J connectivity index is 2.11. The van der Waals surface area contributed by atoms with Crippen LogP contribution in [0.3, 0.4) is 0 Å². The predicted octanol–water partition coefficient (Wildman–Crippen LogP) is -1.44. The lowest BCUT2D eigenvalue weighted by Crippen LogP contribution is -2.70. The number of hydrogen-bond donors (Lipinski definition) is 7. The number of phenolic OH excluding ortho intramolecular Hbond substituents is 1. The number of hydrogen-bond acceptors (Lipinski definition) is 10. The first-order valence-corrected chi connectivity index (χ1v) is 10.2. The number of benzene rings is 1. The summed E-state index contributed by atoms with van der Waals surface area (Å²) in [4.78, 5) is 52.2. The molecule has 180 valence electrons. The van der Waals surface area contributed by atoms with Crippen LogP contribution in [0.4, 0.5) is 0 Å². The molecule has 4 rings (SSSR count). The normalized spacial score (nSPS) is 32.9. The summed E-state index contributed by atoms with van der Waals surface area (Å²) in [6.07, 6.45) is -1.98. The zero-order valence-electron chi connectivity index (χ0n) is 18.0. The monoisotopic (exact) mass is 474 g/mol. The molecule has 1 aromatic rings. The fraction of sp³-hybridized carbons (Fsp3) is 0.364. The van der Waals surface area contributed by atoms with E-state index in [0.29, 0.717) is 0 Å².